The van der Waals surface area contributed by atoms with E-state index in [2.05, 4.69) is 111 Å². The molecule has 0 unspecified atom stereocenters. The van der Waals surface area contributed by atoms with E-state index in [1.807, 2.05) is 48.5 Å². The second-order valence-corrected chi connectivity index (χ2v) is 24.2. The van der Waals surface area contributed by atoms with Crippen LogP contribution in [0, 0.1) is 29.8 Å². The number of pyridine rings is 1. The molecule has 5 aromatic carbocycles. The first-order chi connectivity index (χ1) is 50.3. The first-order valence-electron chi connectivity index (χ1n) is 32.4. The number of fused-ring (bicyclic) bond motifs is 3. The summed E-state index contributed by atoms with van der Waals surface area (Å²) in [5.41, 5.74) is 6.83. The molecule has 2 aliphatic heterocycles. The summed E-state index contributed by atoms with van der Waals surface area (Å²) in [5, 5.41) is 47.0. The molecule has 5 N–H and O–H groups in total. The molecule has 0 aliphatic carbocycles. The van der Waals surface area contributed by atoms with Crippen LogP contribution in [-0.2, 0) is 18.9 Å². The predicted octanol–water partition coefficient (Wildman–Crippen LogP) is 12.0. The Hall–Kier alpha value is -9.33. The smallest absolute Gasteiger partial charge is 0.213 e. The molecule has 11 aromatic rings. The molecule has 103 heavy (non-hydrogen) atoms. The Morgan fingerprint density at radius 3 is 1.54 bits per heavy atom. The van der Waals surface area contributed by atoms with Gasteiger partial charge in [0.05, 0.1) is 62.8 Å². The minimum absolute atomic E-state index is 0.00421. The van der Waals surface area contributed by atoms with Crippen LogP contribution in [0.4, 0.5) is 13.2 Å². The number of terminal acetylenes is 1. The number of hydrogen-bond acceptors (Lipinski definition) is 23. The van der Waals surface area contributed by atoms with Gasteiger partial charge in [-0.15, -0.1) is 6.42 Å². The monoisotopic (exact) mass is 1570 g/mol. The van der Waals surface area contributed by atoms with Crippen LogP contribution < -0.4 is 33.7 Å². The molecule has 2 saturated heterocycles. The molecule has 0 amide bonds. The number of rotatable bonds is 27. The van der Waals surface area contributed by atoms with Crippen molar-refractivity contribution in [3.05, 3.63) is 144 Å². The molecule has 0 bridgehead atoms. The number of aromatic nitrogens is 9. The summed E-state index contributed by atoms with van der Waals surface area (Å²) in [7, 11) is 6.82. The predicted molar refractivity (Wildman–Crippen MR) is 390 cm³/mol. The van der Waals surface area contributed by atoms with E-state index in [1.165, 1.54) is 43.6 Å². The summed E-state index contributed by atoms with van der Waals surface area (Å²) in [4.78, 5) is 8.62. The third-order valence-electron chi connectivity index (χ3n) is 15.3. The average molecular weight is 1570 g/mol. The largest absolute Gasteiger partial charge is 0.493 e. The van der Waals surface area contributed by atoms with Crippen LogP contribution in [-0.4, -0.2) is 224 Å². The SMILES string of the molecule is C#Cc1[nH]nc2cc(OCCOC)c(F)cc12.CN1CCNCC1.COCCOc1cc2[nH]nc(-c3cc(-c4ccc(OCCBr)cc4)no3)c2cc1F.COCCOc1cc2[nH]nc(-c3cc(-c4ccc(OCCN5CCOCC5)cc4)no3)c2cc1F.O/N=C(\Cl)c1ccc(OCCBr)nc1. The van der Waals surface area contributed by atoms with Crippen molar-refractivity contribution in [3.63, 3.8) is 0 Å². The third-order valence-corrected chi connectivity index (χ3v) is 16.2. The lowest BCUT2D eigenvalue weighted by Gasteiger charge is -2.26. The van der Waals surface area contributed by atoms with E-state index >= 15 is 0 Å². The van der Waals surface area contributed by atoms with Gasteiger partial charge in [0.2, 0.25) is 5.88 Å². The number of nitrogens with zero attached hydrogens (tertiary/aromatic N) is 9. The van der Waals surface area contributed by atoms with Crippen LogP contribution in [0.3, 0.4) is 0 Å². The molecular weight excluding hydrogens is 1500 g/mol. The first-order valence-corrected chi connectivity index (χ1v) is 35.0. The average Bonchev–Trinajstić information content (AvgIpc) is 1.65. The van der Waals surface area contributed by atoms with E-state index in [0.29, 0.717) is 124 Å². The Kier molecular flexibility index (Phi) is 31.0. The Morgan fingerprint density at radius 1 is 0.592 bits per heavy atom. The molecule has 546 valence electrons. The summed E-state index contributed by atoms with van der Waals surface area (Å²) >= 11 is 12.1. The first kappa shape index (κ1) is 77.8. The lowest BCUT2D eigenvalue weighted by molar-refractivity contribution is 0.0322. The van der Waals surface area contributed by atoms with Crippen molar-refractivity contribution in [2.24, 2.45) is 5.16 Å². The fourth-order valence-corrected chi connectivity index (χ4v) is 10.3. The second-order valence-electron chi connectivity index (χ2n) is 22.3. The number of nitrogens with one attached hydrogen (secondary N) is 4. The van der Waals surface area contributed by atoms with Gasteiger partial charge in [0.1, 0.15) is 66.4 Å². The highest BCUT2D eigenvalue weighted by Crippen LogP contribution is 2.36. The van der Waals surface area contributed by atoms with Gasteiger partial charge in [-0.25, -0.2) is 18.2 Å². The molecule has 26 nitrogen and oxygen atoms in total. The Balaban J connectivity index is 0.000000163. The fourth-order valence-electron chi connectivity index (χ4n) is 9.90. The second kappa shape index (κ2) is 41.1. The molecule has 0 spiro atoms. The van der Waals surface area contributed by atoms with E-state index in [9.17, 15) is 13.2 Å². The Morgan fingerprint density at radius 2 is 1.09 bits per heavy atom. The molecule has 2 aliphatic rings. The number of piperazine rings is 1. The fraction of sp³-hybridized carbons (Fsp3) is 0.338. The van der Waals surface area contributed by atoms with Crippen molar-refractivity contribution in [3.8, 4) is 92.4 Å². The van der Waals surface area contributed by atoms with Crippen LogP contribution >= 0.6 is 43.5 Å². The van der Waals surface area contributed by atoms with Crippen molar-refractivity contribution >= 4 is 81.3 Å². The molecule has 32 heteroatoms. The van der Waals surface area contributed by atoms with Crippen molar-refractivity contribution in [1.82, 2.24) is 61.0 Å². The van der Waals surface area contributed by atoms with E-state index < -0.39 is 17.5 Å². The molecule has 0 radical (unpaired) electrons. The van der Waals surface area contributed by atoms with Crippen molar-refractivity contribution in [2.75, 3.05) is 158 Å². The molecule has 6 aromatic heterocycles. The van der Waals surface area contributed by atoms with Gasteiger partial charge in [-0.1, -0.05) is 64.9 Å². The third kappa shape index (κ3) is 22.8. The summed E-state index contributed by atoms with van der Waals surface area (Å²) in [6, 6.07) is 30.8. The number of benzene rings is 5. The number of methoxy groups -OCH3 is 3. The maximum absolute atomic E-state index is 14.5. The number of oxime groups is 1. The zero-order valence-corrected chi connectivity index (χ0v) is 60.8. The number of morpholine rings is 1. The summed E-state index contributed by atoms with van der Waals surface area (Å²) in [5.74, 6) is 4.33. The summed E-state index contributed by atoms with van der Waals surface area (Å²) in [6.45, 7) is 12.7. The number of alkyl halides is 2. The highest BCUT2D eigenvalue weighted by molar-refractivity contribution is 9.09. The Labute approximate surface area is 612 Å². The lowest BCUT2D eigenvalue weighted by atomic mass is 10.1. The molecule has 13 rings (SSSR count). The van der Waals surface area contributed by atoms with Gasteiger partial charge >= 0.3 is 0 Å². The van der Waals surface area contributed by atoms with E-state index in [0.717, 1.165) is 79.2 Å². The highest BCUT2D eigenvalue weighted by atomic mass is 79.9. The zero-order chi connectivity index (χ0) is 72.7. The quantitative estimate of drug-likeness (QED) is 0.00798. The number of halogens is 6. The number of ether oxygens (including phenoxy) is 10. The molecule has 0 atom stereocenters. The van der Waals surface area contributed by atoms with Crippen LogP contribution in [0.5, 0.6) is 34.6 Å². The van der Waals surface area contributed by atoms with Gasteiger partial charge in [-0.2, -0.15) is 15.3 Å². The summed E-state index contributed by atoms with van der Waals surface area (Å²) < 4.78 is 106. The Bertz CT molecular complexity index is 4450. The van der Waals surface area contributed by atoms with Crippen LogP contribution in [0.1, 0.15) is 11.3 Å². The van der Waals surface area contributed by atoms with Gasteiger partial charge in [0.25, 0.3) is 0 Å². The maximum atomic E-state index is 14.5. The van der Waals surface area contributed by atoms with Crippen LogP contribution in [0.15, 0.2) is 130 Å². The van der Waals surface area contributed by atoms with E-state index in [-0.39, 0.29) is 42.2 Å². The van der Waals surface area contributed by atoms with Crippen molar-refractivity contribution in [2.45, 2.75) is 0 Å². The van der Waals surface area contributed by atoms with Gasteiger partial charge < -0.3 is 71.8 Å². The molecule has 0 saturated carbocycles. The van der Waals surface area contributed by atoms with E-state index in [1.54, 1.807) is 57.7 Å². The minimum atomic E-state index is -0.486. The van der Waals surface area contributed by atoms with Crippen LogP contribution in [0.25, 0.3) is 78.1 Å². The standard InChI is InChI=1S/C25H27FN4O5.C21H19BrFN3O4.C12H11FN2O2.C8H8BrClN2O2.C5H12N2/c1-31-12-13-34-23-16-22-19(14-20(23)26)25(28-27-22)24-15-21(29-35-24)17-2-4-18(5-3-17)33-11-8-30-6-9-32-10-7-30;1-27-8-9-29-19-12-18-15(10-16(19)23)21(25-24-18)20-11-17(26-30-20)13-2-4-14(5-3-13)28-7-6-22;1-3-10-8-6-9(13)12(17-5-4-16-2)7-11(8)15-14-10;9-3-4-14-7-2-1-6(5-11-7)8(10)12-13;1-7-4-2-6-3-5-7/h2-5,14-16H,6-13H2,1H3,(H,27,28);2-5,10-12H,6-9H2,1H3,(H,24,25);1,6-7H,4-5H2,2H3,(H,14,15);1-2,5,13H,3-4H2;6H,2-5H2,1H3/b;;;12-8-;. The maximum Gasteiger partial charge on any atom is 0.213 e. The van der Waals surface area contributed by atoms with Crippen molar-refractivity contribution in [1.29, 1.82) is 0 Å². The number of aromatic amines is 3. The number of likely N-dealkylation sites (N-methyl/N-ethyl adjacent to an activating group) is 1. The highest BCUT2D eigenvalue weighted by Gasteiger charge is 2.21. The molecule has 2 fully saturated rings. The zero-order valence-electron chi connectivity index (χ0n) is 56.8. The minimum Gasteiger partial charge on any atom is -0.493 e. The van der Waals surface area contributed by atoms with Crippen molar-refractivity contribution < 1.29 is 74.8 Å². The number of H-pyrrole nitrogens is 3. The van der Waals surface area contributed by atoms with Gasteiger partial charge in [-0.3, -0.25) is 20.2 Å². The van der Waals surface area contributed by atoms with Crippen LogP contribution in [0.2, 0.25) is 0 Å². The molecule has 8 heterocycles. The van der Waals surface area contributed by atoms with Gasteiger partial charge in [0, 0.05) is 153 Å². The normalized spacial score (nSPS) is 13.2. The summed E-state index contributed by atoms with van der Waals surface area (Å²) in [6.07, 6.45) is 6.73. The van der Waals surface area contributed by atoms with E-state index in [4.69, 9.17) is 79.6 Å². The van der Waals surface area contributed by atoms with Gasteiger partial charge in [0.15, 0.2) is 51.4 Å². The molecular formula is C71H77Br2ClF3N13O13. The number of hydrogen-bond donors (Lipinski definition) is 5. The lowest BCUT2D eigenvalue weighted by Crippen LogP contribution is -2.40. The van der Waals surface area contributed by atoms with Gasteiger partial charge in [-0.05, 0) is 79.8 Å². The topological polar surface area (TPSA) is 294 Å².